The van der Waals surface area contributed by atoms with Crippen LogP contribution in [0.2, 0.25) is 0 Å². The van der Waals surface area contributed by atoms with E-state index in [-0.39, 0.29) is 24.7 Å². The summed E-state index contributed by atoms with van der Waals surface area (Å²) < 4.78 is 11.8. The Bertz CT molecular complexity index is 733. The number of aryl methyl sites for hydroxylation is 1. The summed E-state index contributed by atoms with van der Waals surface area (Å²) in [6.07, 6.45) is 1.63. The van der Waals surface area contributed by atoms with Crippen molar-refractivity contribution in [1.29, 1.82) is 0 Å². The van der Waals surface area contributed by atoms with Gasteiger partial charge in [-0.05, 0) is 36.8 Å². The van der Waals surface area contributed by atoms with Crippen LogP contribution in [0.25, 0.3) is 0 Å². The highest BCUT2D eigenvalue weighted by Crippen LogP contribution is 2.32. The van der Waals surface area contributed by atoms with Gasteiger partial charge in [-0.15, -0.1) is 0 Å². The number of carbonyl (C=O) groups excluding carboxylic acids is 1. The number of fused-ring (bicyclic) bond motifs is 1. The fraction of sp³-hybridized carbons (Fsp3) is 0.200. The smallest absolute Gasteiger partial charge is 0.251 e. The standard InChI is InChI=1S/C15H13NO4/c1-10-4-5-16(15(18)6-10)8-12(17)11-2-3-13-14(7-11)20-9-19-13/h2-7H,8-9H2,1H3. The Labute approximate surface area is 115 Å². The lowest BCUT2D eigenvalue weighted by atomic mass is 10.1. The highest BCUT2D eigenvalue weighted by Gasteiger charge is 2.16. The van der Waals surface area contributed by atoms with Gasteiger partial charge in [-0.25, -0.2) is 0 Å². The Hall–Kier alpha value is -2.56. The first-order valence-electron chi connectivity index (χ1n) is 6.23. The van der Waals surface area contributed by atoms with Crippen LogP contribution < -0.4 is 15.0 Å². The fourth-order valence-corrected chi connectivity index (χ4v) is 2.05. The van der Waals surface area contributed by atoms with Crippen LogP contribution in [0, 0.1) is 6.92 Å². The summed E-state index contributed by atoms with van der Waals surface area (Å²) in [5.41, 5.74) is 1.20. The third-order valence-corrected chi connectivity index (χ3v) is 3.16. The predicted molar refractivity (Wildman–Crippen MR) is 72.3 cm³/mol. The van der Waals surface area contributed by atoms with Crippen molar-refractivity contribution in [3.63, 3.8) is 0 Å². The summed E-state index contributed by atoms with van der Waals surface area (Å²) in [6.45, 7) is 2.02. The van der Waals surface area contributed by atoms with Crippen molar-refractivity contribution in [1.82, 2.24) is 4.57 Å². The van der Waals surface area contributed by atoms with Crippen molar-refractivity contribution >= 4 is 5.78 Å². The molecule has 0 aliphatic carbocycles. The van der Waals surface area contributed by atoms with Crippen molar-refractivity contribution in [2.24, 2.45) is 0 Å². The molecule has 0 unspecified atom stereocenters. The summed E-state index contributed by atoms with van der Waals surface area (Å²) in [6, 6.07) is 8.33. The quantitative estimate of drug-likeness (QED) is 0.798. The molecule has 0 saturated heterocycles. The second-order valence-corrected chi connectivity index (χ2v) is 4.66. The van der Waals surface area contributed by atoms with Crippen LogP contribution in [0.4, 0.5) is 0 Å². The Morgan fingerprint density at radius 2 is 2.00 bits per heavy atom. The van der Waals surface area contributed by atoms with Crippen molar-refractivity contribution in [3.8, 4) is 11.5 Å². The van der Waals surface area contributed by atoms with E-state index in [2.05, 4.69) is 0 Å². The molecule has 102 valence electrons. The maximum Gasteiger partial charge on any atom is 0.251 e. The minimum absolute atomic E-state index is 0.0127. The van der Waals surface area contributed by atoms with E-state index >= 15 is 0 Å². The molecule has 1 aromatic heterocycles. The third-order valence-electron chi connectivity index (χ3n) is 3.16. The molecule has 1 aromatic carbocycles. The van der Waals surface area contributed by atoms with Gasteiger partial charge >= 0.3 is 0 Å². The van der Waals surface area contributed by atoms with E-state index < -0.39 is 0 Å². The molecule has 1 aliphatic heterocycles. The van der Waals surface area contributed by atoms with Crippen LogP contribution in [0.5, 0.6) is 11.5 Å². The number of pyridine rings is 1. The van der Waals surface area contributed by atoms with E-state index in [1.54, 1.807) is 30.5 Å². The molecule has 0 atom stereocenters. The molecule has 0 fully saturated rings. The van der Waals surface area contributed by atoms with Crippen molar-refractivity contribution in [2.75, 3.05) is 6.79 Å². The Balaban J connectivity index is 1.84. The molecule has 0 bridgehead atoms. The summed E-state index contributed by atoms with van der Waals surface area (Å²) >= 11 is 0. The van der Waals surface area contributed by atoms with Crippen LogP contribution in [-0.2, 0) is 6.54 Å². The van der Waals surface area contributed by atoms with E-state index in [9.17, 15) is 9.59 Å². The predicted octanol–water partition coefficient (Wildman–Crippen LogP) is 1.77. The lowest BCUT2D eigenvalue weighted by Crippen LogP contribution is -2.23. The monoisotopic (exact) mass is 271 g/mol. The normalized spacial score (nSPS) is 12.4. The average Bonchev–Trinajstić information content (AvgIpc) is 2.89. The summed E-state index contributed by atoms with van der Waals surface area (Å²) in [5, 5.41) is 0. The minimum atomic E-state index is -0.181. The molecule has 0 spiro atoms. The summed E-state index contributed by atoms with van der Waals surface area (Å²) in [4.78, 5) is 24.0. The number of rotatable bonds is 3. The van der Waals surface area contributed by atoms with E-state index in [4.69, 9.17) is 9.47 Å². The van der Waals surface area contributed by atoms with Gasteiger partial charge in [0.25, 0.3) is 5.56 Å². The maximum atomic E-state index is 12.2. The summed E-state index contributed by atoms with van der Waals surface area (Å²) in [7, 11) is 0. The zero-order valence-electron chi connectivity index (χ0n) is 11.0. The van der Waals surface area contributed by atoms with Crippen molar-refractivity contribution in [3.05, 3.63) is 58.0 Å². The van der Waals surface area contributed by atoms with Crippen LogP contribution in [0.3, 0.4) is 0 Å². The maximum absolute atomic E-state index is 12.2. The van der Waals surface area contributed by atoms with Gasteiger partial charge < -0.3 is 14.0 Å². The molecule has 5 nitrogen and oxygen atoms in total. The second-order valence-electron chi connectivity index (χ2n) is 4.66. The molecule has 3 rings (SSSR count). The molecular formula is C15H13NO4. The Morgan fingerprint density at radius 1 is 1.20 bits per heavy atom. The first kappa shape index (κ1) is 12.5. The SMILES string of the molecule is Cc1ccn(CC(=O)c2ccc3c(c2)OCO3)c(=O)c1. The molecule has 2 aromatic rings. The number of ether oxygens (including phenoxy) is 2. The van der Waals surface area contributed by atoms with Crippen LogP contribution in [0.1, 0.15) is 15.9 Å². The highest BCUT2D eigenvalue weighted by atomic mass is 16.7. The number of aromatic nitrogens is 1. The minimum Gasteiger partial charge on any atom is -0.454 e. The zero-order chi connectivity index (χ0) is 14.1. The fourth-order valence-electron chi connectivity index (χ4n) is 2.05. The number of carbonyl (C=O) groups is 1. The van der Waals surface area contributed by atoms with Gasteiger partial charge in [-0.2, -0.15) is 0 Å². The molecule has 0 N–H and O–H groups in total. The molecular weight excluding hydrogens is 258 g/mol. The first-order chi connectivity index (χ1) is 9.63. The largest absolute Gasteiger partial charge is 0.454 e. The molecule has 0 saturated carbocycles. The van der Waals surface area contributed by atoms with Gasteiger partial charge in [0.1, 0.15) is 0 Å². The Morgan fingerprint density at radius 3 is 2.80 bits per heavy atom. The summed E-state index contributed by atoms with van der Waals surface area (Å²) in [5.74, 6) is 1.05. The molecule has 5 heteroatoms. The first-order valence-corrected chi connectivity index (χ1v) is 6.23. The van der Waals surface area contributed by atoms with Gasteiger partial charge in [0.05, 0.1) is 6.54 Å². The van der Waals surface area contributed by atoms with Gasteiger partial charge in [0.2, 0.25) is 6.79 Å². The molecule has 0 radical (unpaired) electrons. The van der Waals surface area contributed by atoms with E-state index in [1.807, 2.05) is 6.92 Å². The third kappa shape index (κ3) is 2.30. The van der Waals surface area contributed by atoms with E-state index in [1.165, 1.54) is 10.6 Å². The Kier molecular flexibility index (Phi) is 3.02. The van der Waals surface area contributed by atoms with Crippen LogP contribution in [-0.4, -0.2) is 17.1 Å². The average molecular weight is 271 g/mol. The highest BCUT2D eigenvalue weighted by molar-refractivity contribution is 5.96. The molecule has 0 amide bonds. The van der Waals surface area contributed by atoms with Crippen molar-refractivity contribution in [2.45, 2.75) is 13.5 Å². The number of hydrogen-bond acceptors (Lipinski definition) is 4. The van der Waals surface area contributed by atoms with E-state index in [0.717, 1.165) is 5.56 Å². The second kappa shape index (κ2) is 4.85. The molecule has 20 heavy (non-hydrogen) atoms. The lowest BCUT2D eigenvalue weighted by Gasteiger charge is -2.06. The number of ketones is 1. The number of nitrogens with zero attached hydrogens (tertiary/aromatic N) is 1. The lowest BCUT2D eigenvalue weighted by molar-refractivity contribution is 0.0970. The zero-order valence-corrected chi connectivity index (χ0v) is 11.0. The topological polar surface area (TPSA) is 57.5 Å². The molecule has 1 aliphatic rings. The van der Waals surface area contributed by atoms with Gasteiger partial charge in [-0.3, -0.25) is 9.59 Å². The van der Waals surface area contributed by atoms with Crippen LogP contribution in [0.15, 0.2) is 41.3 Å². The van der Waals surface area contributed by atoms with Gasteiger partial charge in [0.15, 0.2) is 17.3 Å². The number of benzene rings is 1. The van der Waals surface area contributed by atoms with Crippen LogP contribution >= 0.6 is 0 Å². The van der Waals surface area contributed by atoms with Gasteiger partial charge in [0, 0.05) is 17.8 Å². The number of Topliss-reactive ketones (excluding diaryl/α,β-unsaturated/α-hetero) is 1. The number of hydrogen-bond donors (Lipinski definition) is 0. The molecule has 2 heterocycles. The van der Waals surface area contributed by atoms with E-state index in [0.29, 0.717) is 17.1 Å². The van der Waals surface area contributed by atoms with Gasteiger partial charge in [-0.1, -0.05) is 0 Å². The van der Waals surface area contributed by atoms with Crippen molar-refractivity contribution < 1.29 is 14.3 Å².